The average Bonchev–Trinajstić information content (AvgIpc) is 3.04. The van der Waals surface area contributed by atoms with Crippen molar-refractivity contribution in [3.63, 3.8) is 0 Å². The molecule has 1 saturated carbocycles. The zero-order chi connectivity index (χ0) is 17.0. The van der Waals surface area contributed by atoms with Gasteiger partial charge < -0.3 is 9.64 Å². The topological polar surface area (TPSA) is 32.8 Å². The van der Waals surface area contributed by atoms with Gasteiger partial charge in [-0.25, -0.2) is 0 Å². The van der Waals surface area contributed by atoms with Crippen molar-refractivity contribution in [3.8, 4) is 5.75 Å². The Morgan fingerprint density at radius 2 is 1.92 bits per heavy atom. The molecule has 1 aliphatic carbocycles. The Balaban J connectivity index is 1.50. The number of nitrogens with zero attached hydrogens (tertiary/aromatic N) is 2. The standard InChI is InChI=1S/C21H28N2O2/c1-25-17-7-3-6-16(12-17)18-13-23(21(24)15-4-2-5-15)19-14-8-10-22(11-9-14)20(18)19/h3,6-7,12,14-15,18-20H,2,4-5,8-11,13H2,1H3/t18-,19-,20-/m1/s1. The lowest BCUT2D eigenvalue weighted by atomic mass is 9.75. The van der Waals surface area contributed by atoms with Crippen LogP contribution >= 0.6 is 0 Å². The van der Waals surface area contributed by atoms with Crippen molar-refractivity contribution in [2.24, 2.45) is 11.8 Å². The van der Waals surface area contributed by atoms with Gasteiger partial charge in [0.1, 0.15) is 5.75 Å². The number of methoxy groups -OCH3 is 1. The van der Waals surface area contributed by atoms with E-state index in [1.165, 1.54) is 37.9 Å². The highest BCUT2D eigenvalue weighted by Gasteiger charge is 2.55. The third kappa shape index (κ3) is 2.41. The Morgan fingerprint density at radius 1 is 1.12 bits per heavy atom. The molecule has 5 aliphatic rings. The molecule has 25 heavy (non-hydrogen) atoms. The van der Waals surface area contributed by atoms with Crippen LogP contribution in [0.2, 0.25) is 0 Å². The molecule has 2 bridgehead atoms. The zero-order valence-corrected chi connectivity index (χ0v) is 15.1. The lowest BCUT2D eigenvalue weighted by molar-refractivity contribution is -0.143. The second-order valence-corrected chi connectivity index (χ2v) is 8.36. The van der Waals surface area contributed by atoms with E-state index >= 15 is 0 Å². The average molecular weight is 340 g/mol. The maximum Gasteiger partial charge on any atom is 0.226 e. The van der Waals surface area contributed by atoms with Gasteiger partial charge in [-0.05, 0) is 62.4 Å². The van der Waals surface area contributed by atoms with Crippen LogP contribution in [0.5, 0.6) is 5.75 Å². The number of benzene rings is 1. The number of hydrogen-bond donors (Lipinski definition) is 0. The molecule has 4 aliphatic heterocycles. The van der Waals surface area contributed by atoms with Crippen molar-refractivity contribution in [1.29, 1.82) is 0 Å². The van der Waals surface area contributed by atoms with Crippen LogP contribution in [0, 0.1) is 11.8 Å². The van der Waals surface area contributed by atoms with Gasteiger partial charge in [0.2, 0.25) is 5.91 Å². The van der Waals surface area contributed by atoms with Crippen LogP contribution in [0.1, 0.15) is 43.6 Å². The first-order chi connectivity index (χ1) is 12.3. The summed E-state index contributed by atoms with van der Waals surface area (Å²) in [5.74, 6) is 2.80. The van der Waals surface area contributed by atoms with Crippen molar-refractivity contribution in [1.82, 2.24) is 9.80 Å². The fourth-order valence-corrected chi connectivity index (χ4v) is 5.73. The summed E-state index contributed by atoms with van der Waals surface area (Å²) < 4.78 is 5.46. The lowest BCUT2D eigenvalue weighted by Gasteiger charge is -2.51. The highest BCUT2D eigenvalue weighted by molar-refractivity contribution is 5.80. The number of ether oxygens (including phenoxy) is 1. The molecule has 0 unspecified atom stereocenters. The number of hydrogen-bond acceptors (Lipinski definition) is 3. The predicted molar refractivity (Wildman–Crippen MR) is 96.7 cm³/mol. The van der Waals surface area contributed by atoms with Gasteiger partial charge >= 0.3 is 0 Å². The number of carbonyl (C=O) groups is 1. The summed E-state index contributed by atoms with van der Waals surface area (Å²) in [6.07, 6.45) is 5.96. The highest BCUT2D eigenvalue weighted by atomic mass is 16.5. The Bertz CT molecular complexity index is 664. The first kappa shape index (κ1) is 15.7. The van der Waals surface area contributed by atoms with Gasteiger partial charge in [0.05, 0.1) is 13.2 Å². The minimum absolute atomic E-state index is 0.306. The van der Waals surface area contributed by atoms with E-state index in [2.05, 4.69) is 28.0 Å². The number of piperidine rings is 3. The van der Waals surface area contributed by atoms with Crippen LogP contribution in [-0.4, -0.2) is 54.5 Å². The van der Waals surface area contributed by atoms with E-state index < -0.39 is 0 Å². The molecule has 4 heterocycles. The smallest absolute Gasteiger partial charge is 0.226 e. The molecule has 134 valence electrons. The van der Waals surface area contributed by atoms with Crippen molar-refractivity contribution in [3.05, 3.63) is 29.8 Å². The van der Waals surface area contributed by atoms with Gasteiger partial charge in [-0.1, -0.05) is 18.6 Å². The predicted octanol–water partition coefficient (Wildman–Crippen LogP) is 2.88. The minimum Gasteiger partial charge on any atom is -0.497 e. The molecule has 1 aromatic carbocycles. The van der Waals surface area contributed by atoms with Gasteiger partial charge in [-0.15, -0.1) is 0 Å². The van der Waals surface area contributed by atoms with E-state index in [-0.39, 0.29) is 0 Å². The monoisotopic (exact) mass is 340 g/mol. The molecule has 5 fully saturated rings. The summed E-state index contributed by atoms with van der Waals surface area (Å²) in [5.41, 5.74) is 1.34. The minimum atomic E-state index is 0.306. The van der Waals surface area contributed by atoms with Crippen LogP contribution in [0.3, 0.4) is 0 Å². The second-order valence-electron chi connectivity index (χ2n) is 8.36. The fourth-order valence-electron chi connectivity index (χ4n) is 5.73. The molecule has 0 aromatic heterocycles. The normalized spacial score (nSPS) is 36.8. The van der Waals surface area contributed by atoms with E-state index in [0.29, 0.717) is 35.7 Å². The van der Waals surface area contributed by atoms with Crippen LogP contribution in [0.25, 0.3) is 0 Å². The largest absolute Gasteiger partial charge is 0.497 e. The third-order valence-corrected chi connectivity index (χ3v) is 7.25. The van der Waals surface area contributed by atoms with Crippen molar-refractivity contribution >= 4 is 5.91 Å². The van der Waals surface area contributed by atoms with E-state index in [1.54, 1.807) is 7.11 Å². The summed E-state index contributed by atoms with van der Waals surface area (Å²) >= 11 is 0. The zero-order valence-electron chi connectivity index (χ0n) is 15.1. The Morgan fingerprint density at radius 3 is 2.60 bits per heavy atom. The Labute approximate surface area is 150 Å². The number of carbonyl (C=O) groups excluding carboxylic acids is 1. The fraction of sp³-hybridized carbons (Fsp3) is 0.667. The Kier molecular flexibility index (Phi) is 3.77. The molecular formula is C21H28N2O2. The molecule has 4 nitrogen and oxygen atoms in total. The summed E-state index contributed by atoms with van der Waals surface area (Å²) in [5, 5.41) is 0. The Hall–Kier alpha value is -1.55. The number of rotatable bonds is 3. The molecule has 0 spiro atoms. The first-order valence-electron chi connectivity index (χ1n) is 9.95. The van der Waals surface area contributed by atoms with Crippen LogP contribution < -0.4 is 4.74 Å². The van der Waals surface area contributed by atoms with Gasteiger partial charge in [-0.2, -0.15) is 0 Å². The number of amides is 1. The molecule has 4 saturated heterocycles. The lowest BCUT2D eigenvalue weighted by Crippen LogP contribution is -2.61. The van der Waals surface area contributed by atoms with Gasteiger partial charge in [0, 0.05) is 24.4 Å². The first-order valence-corrected chi connectivity index (χ1v) is 9.95. The summed E-state index contributed by atoms with van der Waals surface area (Å²) in [6, 6.07) is 9.46. The van der Waals surface area contributed by atoms with E-state index in [1.807, 2.05) is 6.07 Å². The summed E-state index contributed by atoms with van der Waals surface area (Å²) in [4.78, 5) is 18.1. The van der Waals surface area contributed by atoms with Crippen LogP contribution in [0.15, 0.2) is 24.3 Å². The van der Waals surface area contributed by atoms with Crippen molar-refractivity contribution < 1.29 is 9.53 Å². The van der Waals surface area contributed by atoms with Crippen molar-refractivity contribution in [2.45, 2.75) is 50.1 Å². The van der Waals surface area contributed by atoms with Gasteiger partial charge in [-0.3, -0.25) is 9.69 Å². The quantitative estimate of drug-likeness (QED) is 0.848. The highest BCUT2D eigenvalue weighted by Crippen LogP contribution is 2.48. The third-order valence-electron chi connectivity index (χ3n) is 7.25. The molecule has 3 atom stereocenters. The van der Waals surface area contributed by atoms with Crippen molar-refractivity contribution in [2.75, 3.05) is 26.7 Å². The maximum absolute atomic E-state index is 13.1. The maximum atomic E-state index is 13.1. The number of fused-ring (bicyclic) bond motifs is 2. The summed E-state index contributed by atoms with van der Waals surface area (Å²) in [6.45, 7) is 3.31. The van der Waals surface area contributed by atoms with E-state index in [4.69, 9.17) is 4.74 Å². The molecule has 1 amide bonds. The molecule has 0 radical (unpaired) electrons. The van der Waals surface area contributed by atoms with E-state index in [9.17, 15) is 4.79 Å². The van der Waals surface area contributed by atoms with Crippen LogP contribution in [0.4, 0.5) is 0 Å². The molecule has 4 heteroatoms. The number of likely N-dealkylation sites (tertiary alicyclic amines) is 1. The van der Waals surface area contributed by atoms with Gasteiger partial charge in [0.15, 0.2) is 0 Å². The SMILES string of the molecule is COc1cccc([C@H]2CN(C(=O)C3CCC3)[C@@H]3C4CCN(CC4)[C@H]23)c1. The molecule has 0 N–H and O–H groups in total. The second kappa shape index (κ2) is 6.01. The van der Waals surface area contributed by atoms with Crippen LogP contribution in [-0.2, 0) is 4.79 Å². The summed E-state index contributed by atoms with van der Waals surface area (Å²) in [7, 11) is 1.73. The van der Waals surface area contributed by atoms with Gasteiger partial charge in [0.25, 0.3) is 0 Å². The van der Waals surface area contributed by atoms with E-state index in [0.717, 1.165) is 25.1 Å². The molecule has 1 aromatic rings. The molecular weight excluding hydrogens is 312 g/mol. The molecule has 6 rings (SSSR count).